The summed E-state index contributed by atoms with van der Waals surface area (Å²) in [4.78, 5) is 11.4. The molecule has 1 rings (SSSR count). The van der Waals surface area contributed by atoms with Gasteiger partial charge in [0, 0.05) is 6.42 Å². The van der Waals surface area contributed by atoms with Crippen molar-refractivity contribution in [2.75, 3.05) is 0 Å². The largest absolute Gasteiger partial charge is 0.427 e. The van der Waals surface area contributed by atoms with Crippen LogP contribution < -0.4 is 4.74 Å². The van der Waals surface area contributed by atoms with Crippen molar-refractivity contribution in [1.82, 2.24) is 0 Å². The molecule has 90 valence electrons. The second-order valence-corrected chi connectivity index (χ2v) is 3.92. The molecule has 0 aliphatic rings. The van der Waals surface area contributed by atoms with E-state index in [2.05, 4.69) is 6.92 Å². The van der Waals surface area contributed by atoms with Gasteiger partial charge in [-0.05, 0) is 30.7 Å². The van der Waals surface area contributed by atoms with Gasteiger partial charge in [0.15, 0.2) is 0 Å². The van der Waals surface area contributed by atoms with Gasteiger partial charge in [-0.15, -0.1) is 0 Å². The molecule has 0 radical (unpaired) electrons. The van der Waals surface area contributed by atoms with Gasteiger partial charge in [0.05, 0.1) is 11.6 Å². The van der Waals surface area contributed by atoms with Crippen molar-refractivity contribution in [2.24, 2.45) is 0 Å². The highest BCUT2D eigenvalue weighted by Gasteiger charge is 2.04. The minimum absolute atomic E-state index is 0.203. The van der Waals surface area contributed by atoms with Gasteiger partial charge in [0.25, 0.3) is 0 Å². The van der Waals surface area contributed by atoms with Crippen LogP contribution in [-0.2, 0) is 4.79 Å². The first-order valence-corrected chi connectivity index (χ1v) is 5.97. The van der Waals surface area contributed by atoms with Gasteiger partial charge in [-0.25, -0.2) is 0 Å². The van der Waals surface area contributed by atoms with E-state index in [9.17, 15) is 4.79 Å². The van der Waals surface area contributed by atoms with Gasteiger partial charge >= 0.3 is 5.97 Å². The Morgan fingerprint density at radius 2 is 1.94 bits per heavy atom. The maximum absolute atomic E-state index is 11.4. The SMILES string of the molecule is CCCCCCC(=O)Oc1ccc(C#N)cc1. The minimum atomic E-state index is -0.203. The summed E-state index contributed by atoms with van der Waals surface area (Å²) in [7, 11) is 0. The number of hydrogen-bond acceptors (Lipinski definition) is 3. The fraction of sp³-hybridized carbons (Fsp3) is 0.429. The molecule has 1 aromatic carbocycles. The molecule has 0 aliphatic carbocycles. The van der Waals surface area contributed by atoms with Crippen LogP contribution in [0.3, 0.4) is 0 Å². The van der Waals surface area contributed by atoms with Crippen LogP contribution in [-0.4, -0.2) is 5.97 Å². The van der Waals surface area contributed by atoms with Gasteiger partial charge in [-0.3, -0.25) is 4.79 Å². The van der Waals surface area contributed by atoms with E-state index in [1.807, 2.05) is 6.07 Å². The molecule has 0 saturated heterocycles. The molecule has 17 heavy (non-hydrogen) atoms. The molecule has 0 bridgehead atoms. The number of hydrogen-bond donors (Lipinski definition) is 0. The molecule has 0 aromatic heterocycles. The van der Waals surface area contributed by atoms with Crippen molar-refractivity contribution < 1.29 is 9.53 Å². The van der Waals surface area contributed by atoms with Gasteiger partial charge in [-0.1, -0.05) is 26.2 Å². The van der Waals surface area contributed by atoms with Crippen molar-refractivity contribution in [3.63, 3.8) is 0 Å². The Bertz CT molecular complexity index is 390. The molecule has 0 amide bonds. The zero-order valence-corrected chi connectivity index (χ0v) is 10.1. The third-order valence-electron chi connectivity index (χ3n) is 2.45. The molecule has 0 fully saturated rings. The van der Waals surface area contributed by atoms with E-state index in [0.29, 0.717) is 17.7 Å². The predicted molar refractivity (Wildman–Crippen MR) is 65.6 cm³/mol. The zero-order valence-electron chi connectivity index (χ0n) is 10.1. The Labute approximate surface area is 102 Å². The van der Waals surface area contributed by atoms with Gasteiger partial charge < -0.3 is 4.74 Å². The highest BCUT2D eigenvalue weighted by molar-refractivity contribution is 5.72. The average molecular weight is 231 g/mol. The summed E-state index contributed by atoms with van der Waals surface area (Å²) < 4.78 is 5.15. The molecule has 0 heterocycles. The number of rotatable bonds is 6. The van der Waals surface area contributed by atoms with Crippen molar-refractivity contribution >= 4 is 5.97 Å². The van der Waals surface area contributed by atoms with E-state index < -0.39 is 0 Å². The number of esters is 1. The molecular formula is C14H17NO2. The number of carbonyl (C=O) groups is 1. The molecule has 3 heteroatoms. The Morgan fingerprint density at radius 3 is 2.53 bits per heavy atom. The monoisotopic (exact) mass is 231 g/mol. The van der Waals surface area contributed by atoms with Crippen molar-refractivity contribution in [1.29, 1.82) is 5.26 Å². The Balaban J connectivity index is 2.32. The summed E-state index contributed by atoms with van der Waals surface area (Å²) in [5, 5.41) is 8.62. The van der Waals surface area contributed by atoms with Gasteiger partial charge in [0.2, 0.25) is 0 Å². The van der Waals surface area contributed by atoms with Gasteiger partial charge in [0.1, 0.15) is 5.75 Å². The summed E-state index contributed by atoms with van der Waals surface area (Å²) in [5.41, 5.74) is 0.563. The van der Waals surface area contributed by atoms with Crippen molar-refractivity contribution in [3.05, 3.63) is 29.8 Å². The smallest absolute Gasteiger partial charge is 0.311 e. The maximum atomic E-state index is 11.4. The van der Waals surface area contributed by atoms with E-state index in [4.69, 9.17) is 10.00 Å². The molecule has 3 nitrogen and oxygen atoms in total. The lowest BCUT2D eigenvalue weighted by Gasteiger charge is -2.03. The molecule has 0 aliphatic heterocycles. The van der Waals surface area contributed by atoms with Crippen LogP contribution in [0, 0.1) is 11.3 Å². The lowest BCUT2D eigenvalue weighted by atomic mass is 10.1. The number of nitrogens with zero attached hydrogens (tertiary/aromatic N) is 1. The zero-order chi connectivity index (χ0) is 12.5. The molecule has 0 spiro atoms. The predicted octanol–water partition coefficient (Wildman–Crippen LogP) is 3.43. The number of unbranched alkanes of at least 4 members (excludes halogenated alkanes) is 3. The van der Waals surface area contributed by atoms with Crippen LogP contribution in [0.2, 0.25) is 0 Å². The topological polar surface area (TPSA) is 50.1 Å². The van der Waals surface area contributed by atoms with E-state index >= 15 is 0 Å². The maximum Gasteiger partial charge on any atom is 0.311 e. The second-order valence-electron chi connectivity index (χ2n) is 3.92. The van der Waals surface area contributed by atoms with E-state index in [1.165, 1.54) is 0 Å². The quantitative estimate of drug-likeness (QED) is 0.428. The minimum Gasteiger partial charge on any atom is -0.427 e. The van der Waals surface area contributed by atoms with Gasteiger partial charge in [-0.2, -0.15) is 5.26 Å². The Hall–Kier alpha value is -1.82. The third kappa shape index (κ3) is 5.17. The lowest BCUT2D eigenvalue weighted by molar-refractivity contribution is -0.134. The summed E-state index contributed by atoms with van der Waals surface area (Å²) >= 11 is 0. The van der Waals surface area contributed by atoms with E-state index in [-0.39, 0.29) is 5.97 Å². The molecule has 1 aromatic rings. The van der Waals surface area contributed by atoms with Crippen LogP contribution in [0.4, 0.5) is 0 Å². The highest BCUT2D eigenvalue weighted by Crippen LogP contribution is 2.13. The molecule has 0 N–H and O–H groups in total. The number of nitriles is 1. The lowest BCUT2D eigenvalue weighted by Crippen LogP contribution is -2.07. The van der Waals surface area contributed by atoms with Crippen molar-refractivity contribution in [2.45, 2.75) is 39.0 Å². The molecular weight excluding hydrogens is 214 g/mol. The van der Waals surface area contributed by atoms with Crippen LogP contribution in [0.15, 0.2) is 24.3 Å². The fourth-order valence-electron chi connectivity index (χ4n) is 1.48. The number of carbonyl (C=O) groups excluding carboxylic acids is 1. The van der Waals surface area contributed by atoms with E-state index in [0.717, 1.165) is 25.7 Å². The Kier molecular flexibility index (Phi) is 5.81. The van der Waals surface area contributed by atoms with Crippen LogP contribution >= 0.6 is 0 Å². The molecule has 0 atom stereocenters. The third-order valence-corrected chi connectivity index (χ3v) is 2.45. The first-order valence-electron chi connectivity index (χ1n) is 5.97. The summed E-state index contributed by atoms with van der Waals surface area (Å²) in [5.74, 6) is 0.301. The highest BCUT2D eigenvalue weighted by atomic mass is 16.5. The van der Waals surface area contributed by atoms with Crippen LogP contribution in [0.1, 0.15) is 44.6 Å². The van der Waals surface area contributed by atoms with Crippen LogP contribution in [0.5, 0.6) is 5.75 Å². The molecule has 0 saturated carbocycles. The molecule has 0 unspecified atom stereocenters. The Morgan fingerprint density at radius 1 is 1.24 bits per heavy atom. The summed E-state index contributed by atoms with van der Waals surface area (Å²) in [6.45, 7) is 2.13. The average Bonchev–Trinajstić information content (AvgIpc) is 2.36. The second kappa shape index (κ2) is 7.45. The summed E-state index contributed by atoms with van der Waals surface area (Å²) in [6, 6.07) is 8.58. The fourth-order valence-corrected chi connectivity index (χ4v) is 1.48. The standard InChI is InChI=1S/C14H17NO2/c1-2-3-4-5-6-14(16)17-13-9-7-12(11-15)8-10-13/h7-10H,2-6H2,1H3. The number of ether oxygens (including phenoxy) is 1. The van der Waals surface area contributed by atoms with Crippen LogP contribution in [0.25, 0.3) is 0 Å². The first-order chi connectivity index (χ1) is 8.26. The van der Waals surface area contributed by atoms with Crippen molar-refractivity contribution in [3.8, 4) is 11.8 Å². The number of benzene rings is 1. The summed E-state index contributed by atoms with van der Waals surface area (Å²) in [6.07, 6.45) is 4.72. The first kappa shape index (κ1) is 13.2. The normalized spacial score (nSPS) is 9.65. The van der Waals surface area contributed by atoms with E-state index in [1.54, 1.807) is 24.3 Å².